The summed E-state index contributed by atoms with van der Waals surface area (Å²) in [4.78, 5) is 38.9. The molecule has 0 saturated carbocycles. The minimum Gasteiger partial charge on any atom is -0.466 e. The molecule has 3 aromatic rings. The lowest BCUT2D eigenvalue weighted by molar-refractivity contribution is -0.384. The van der Waals surface area contributed by atoms with Crippen LogP contribution >= 0.6 is 11.3 Å². The van der Waals surface area contributed by atoms with Crippen molar-refractivity contribution < 1.29 is 32.4 Å². The smallest absolute Gasteiger partial charge is 0.442 e. The van der Waals surface area contributed by atoms with Gasteiger partial charge in [-0.15, -0.1) is 0 Å². The molecule has 0 spiro atoms. The molecule has 0 aliphatic heterocycles. The van der Waals surface area contributed by atoms with Crippen molar-refractivity contribution in [2.45, 2.75) is 11.8 Å². The average Bonchev–Trinajstić information content (AvgIpc) is 3.13. The second-order valence-electron chi connectivity index (χ2n) is 6.11. The highest BCUT2D eigenvalue weighted by Gasteiger charge is 2.64. The summed E-state index contributed by atoms with van der Waals surface area (Å²) in [5.41, 5.74) is -3.90. The van der Waals surface area contributed by atoms with E-state index in [9.17, 15) is 32.9 Å². The van der Waals surface area contributed by atoms with Gasteiger partial charge in [0, 0.05) is 17.7 Å². The zero-order valence-corrected chi connectivity index (χ0v) is 16.4. The Morgan fingerprint density at radius 1 is 1.16 bits per heavy atom. The number of nitrogens with one attached hydrogen (secondary N) is 2. The molecule has 1 aromatic heterocycles. The third-order valence-corrected chi connectivity index (χ3v) is 5.06. The van der Waals surface area contributed by atoms with Crippen LogP contribution in [-0.4, -0.2) is 40.7 Å². The van der Waals surface area contributed by atoms with E-state index in [1.807, 2.05) is 5.32 Å². The number of amides is 1. The molecule has 1 heterocycles. The number of nitrogens with zero attached hydrogens (tertiary/aromatic N) is 2. The first kappa shape index (κ1) is 22.0. The van der Waals surface area contributed by atoms with E-state index >= 15 is 0 Å². The molecule has 0 radical (unpaired) electrons. The molecule has 2 N–H and O–H groups in total. The summed E-state index contributed by atoms with van der Waals surface area (Å²) in [6.07, 6.45) is -5.34. The Hall–Kier alpha value is -3.74. The summed E-state index contributed by atoms with van der Waals surface area (Å²) in [5.74, 6) is -3.01. The Labute approximate surface area is 176 Å². The van der Waals surface area contributed by atoms with E-state index in [0.717, 1.165) is 19.2 Å². The van der Waals surface area contributed by atoms with Gasteiger partial charge >= 0.3 is 17.8 Å². The van der Waals surface area contributed by atoms with Gasteiger partial charge in [-0.25, -0.2) is 9.78 Å². The van der Waals surface area contributed by atoms with Crippen LogP contribution in [-0.2, 0) is 9.53 Å². The lowest BCUT2D eigenvalue weighted by Crippen LogP contribution is -2.69. The van der Waals surface area contributed by atoms with Crippen LogP contribution in [0.3, 0.4) is 0 Å². The summed E-state index contributed by atoms with van der Waals surface area (Å²) in [7, 11) is 0.737. The lowest BCUT2D eigenvalue weighted by Gasteiger charge is -2.34. The fraction of sp³-hybridized carbons (Fsp3) is 0.167. The largest absolute Gasteiger partial charge is 0.466 e. The molecule has 0 bridgehead atoms. The number of thiazole rings is 1. The maximum absolute atomic E-state index is 14.1. The number of carbonyl (C=O) groups excluding carboxylic acids is 2. The average molecular weight is 454 g/mol. The third kappa shape index (κ3) is 4.26. The highest BCUT2D eigenvalue weighted by atomic mass is 32.1. The number of esters is 1. The number of benzene rings is 2. The van der Waals surface area contributed by atoms with Gasteiger partial charge in [0.2, 0.25) is 0 Å². The number of hydrogen-bond acceptors (Lipinski definition) is 8. The molecule has 0 saturated heterocycles. The van der Waals surface area contributed by atoms with Gasteiger partial charge < -0.3 is 15.4 Å². The van der Waals surface area contributed by atoms with Gasteiger partial charge in [-0.3, -0.25) is 14.9 Å². The fourth-order valence-electron chi connectivity index (χ4n) is 2.62. The second kappa shape index (κ2) is 8.18. The van der Waals surface area contributed by atoms with Crippen LogP contribution in [0.15, 0.2) is 48.5 Å². The highest BCUT2D eigenvalue weighted by Crippen LogP contribution is 2.36. The van der Waals surface area contributed by atoms with Crippen LogP contribution in [0, 0.1) is 10.1 Å². The second-order valence-corrected chi connectivity index (χ2v) is 7.14. The topological polar surface area (TPSA) is 123 Å². The van der Waals surface area contributed by atoms with E-state index in [-0.39, 0.29) is 21.5 Å². The molecule has 0 fully saturated rings. The Morgan fingerprint density at radius 3 is 2.42 bits per heavy atom. The first-order valence-electron chi connectivity index (χ1n) is 8.43. The molecule has 13 heteroatoms. The van der Waals surface area contributed by atoms with Crippen molar-refractivity contribution in [1.29, 1.82) is 0 Å². The molecular weight excluding hydrogens is 441 g/mol. The zero-order valence-electron chi connectivity index (χ0n) is 15.6. The van der Waals surface area contributed by atoms with Crippen LogP contribution in [0.25, 0.3) is 10.2 Å². The monoisotopic (exact) mass is 454 g/mol. The van der Waals surface area contributed by atoms with Crippen LogP contribution in [0.1, 0.15) is 10.4 Å². The number of nitro benzene ring substituents is 1. The molecule has 1 atom stereocenters. The molecule has 1 amide bonds. The molecule has 0 aliphatic carbocycles. The number of halogens is 3. The number of alkyl halides is 3. The van der Waals surface area contributed by atoms with Gasteiger partial charge in [-0.2, -0.15) is 13.2 Å². The van der Waals surface area contributed by atoms with Gasteiger partial charge in [-0.05, 0) is 18.2 Å². The van der Waals surface area contributed by atoms with Crippen molar-refractivity contribution in [2.24, 2.45) is 0 Å². The standard InChI is InChI=1S/C18H13F3N4O5S/c1-30-15(27)17(18(19,20)21,23-14(26)10-5-3-2-4-6-10)24-16-22-12-8-7-11(25(28)29)9-13(12)31-16/h2-9H,1H3,(H,22,24)(H,23,26). The number of methoxy groups -OCH3 is 1. The van der Waals surface area contributed by atoms with E-state index < -0.39 is 33.8 Å². The number of nitro groups is 1. The van der Waals surface area contributed by atoms with E-state index in [2.05, 4.69) is 9.72 Å². The number of fused-ring (bicyclic) bond motifs is 1. The Balaban J connectivity index is 2.05. The molecular formula is C18H13F3N4O5S. The number of non-ortho nitro benzene ring substituents is 1. The molecule has 1 unspecified atom stereocenters. The molecule has 0 aliphatic rings. The number of rotatable bonds is 6. The Morgan fingerprint density at radius 2 is 1.84 bits per heavy atom. The summed E-state index contributed by atoms with van der Waals surface area (Å²) in [6.45, 7) is 0. The predicted molar refractivity (Wildman–Crippen MR) is 105 cm³/mol. The maximum Gasteiger partial charge on any atom is 0.442 e. The van der Waals surface area contributed by atoms with Crippen molar-refractivity contribution in [3.05, 3.63) is 64.2 Å². The Bertz CT molecular complexity index is 1150. The van der Waals surface area contributed by atoms with Crippen molar-refractivity contribution in [3.63, 3.8) is 0 Å². The summed E-state index contributed by atoms with van der Waals surface area (Å²) >= 11 is 0.637. The van der Waals surface area contributed by atoms with Crippen LogP contribution in [0.4, 0.5) is 24.0 Å². The van der Waals surface area contributed by atoms with Crippen LogP contribution in [0.5, 0.6) is 0 Å². The number of carbonyl (C=O) groups is 2. The molecule has 9 nitrogen and oxygen atoms in total. The predicted octanol–water partition coefficient (Wildman–Crippen LogP) is 3.48. The Kier molecular flexibility index (Phi) is 5.79. The minimum atomic E-state index is -5.34. The first-order valence-corrected chi connectivity index (χ1v) is 9.25. The molecule has 2 aromatic carbocycles. The van der Waals surface area contributed by atoms with Crippen molar-refractivity contribution in [2.75, 3.05) is 12.4 Å². The van der Waals surface area contributed by atoms with Crippen molar-refractivity contribution in [1.82, 2.24) is 10.3 Å². The molecule has 3 rings (SSSR count). The van der Waals surface area contributed by atoms with E-state index in [0.29, 0.717) is 11.3 Å². The van der Waals surface area contributed by atoms with Gasteiger partial charge in [0.25, 0.3) is 11.6 Å². The fourth-order valence-corrected chi connectivity index (χ4v) is 3.57. The minimum absolute atomic E-state index is 0.123. The zero-order chi connectivity index (χ0) is 22.8. The maximum atomic E-state index is 14.1. The third-order valence-electron chi connectivity index (χ3n) is 4.13. The van der Waals surface area contributed by atoms with Gasteiger partial charge in [-0.1, -0.05) is 29.5 Å². The number of anilines is 1. The van der Waals surface area contributed by atoms with Gasteiger partial charge in [0.1, 0.15) is 0 Å². The highest BCUT2D eigenvalue weighted by molar-refractivity contribution is 7.22. The van der Waals surface area contributed by atoms with Crippen molar-refractivity contribution in [3.8, 4) is 0 Å². The quantitative estimate of drug-likeness (QED) is 0.253. The van der Waals surface area contributed by atoms with Gasteiger partial charge in [0.05, 0.1) is 22.2 Å². The normalized spacial score (nSPS) is 13.3. The number of aromatic nitrogens is 1. The number of hydrogen-bond donors (Lipinski definition) is 2. The van der Waals surface area contributed by atoms with Crippen LogP contribution < -0.4 is 10.6 Å². The first-order chi connectivity index (χ1) is 14.6. The molecule has 162 valence electrons. The van der Waals surface area contributed by atoms with E-state index in [1.165, 1.54) is 30.3 Å². The van der Waals surface area contributed by atoms with Gasteiger partial charge in [0.15, 0.2) is 5.13 Å². The summed E-state index contributed by atoms with van der Waals surface area (Å²) in [5, 5.41) is 14.1. The summed E-state index contributed by atoms with van der Waals surface area (Å²) < 4.78 is 46.9. The lowest BCUT2D eigenvalue weighted by atomic mass is 10.1. The summed E-state index contributed by atoms with van der Waals surface area (Å²) in [6, 6.07) is 10.5. The SMILES string of the molecule is COC(=O)C(NC(=O)c1ccccc1)(Nc1nc2ccc([N+](=O)[O-])cc2s1)C(F)(F)F. The molecule has 31 heavy (non-hydrogen) atoms. The van der Waals surface area contributed by atoms with E-state index in [4.69, 9.17) is 0 Å². The number of ether oxygens (including phenoxy) is 1. The van der Waals surface area contributed by atoms with Crippen LogP contribution in [0.2, 0.25) is 0 Å². The van der Waals surface area contributed by atoms with Crippen molar-refractivity contribution >= 4 is 44.2 Å². The van der Waals surface area contributed by atoms with E-state index in [1.54, 1.807) is 11.4 Å².